The molecule has 4 rings (SSSR count). The van der Waals surface area contributed by atoms with Crippen LogP contribution in [0.5, 0.6) is 0 Å². The number of amides is 2. The molecule has 7 nitrogen and oxygen atoms in total. The van der Waals surface area contributed by atoms with Crippen LogP contribution in [0, 0.1) is 17.6 Å². The van der Waals surface area contributed by atoms with Gasteiger partial charge in [0.2, 0.25) is 5.95 Å². The van der Waals surface area contributed by atoms with Crippen molar-refractivity contribution in [3.05, 3.63) is 54.1 Å². The minimum absolute atomic E-state index is 0.0883. The van der Waals surface area contributed by atoms with Crippen LogP contribution in [-0.4, -0.2) is 42.7 Å². The maximum atomic E-state index is 13.3. The lowest BCUT2D eigenvalue weighted by molar-refractivity contribution is 0.246. The van der Waals surface area contributed by atoms with Crippen molar-refractivity contribution in [3.8, 4) is 0 Å². The summed E-state index contributed by atoms with van der Waals surface area (Å²) < 4.78 is 26.5. The van der Waals surface area contributed by atoms with Gasteiger partial charge >= 0.3 is 6.03 Å². The van der Waals surface area contributed by atoms with E-state index in [9.17, 15) is 13.6 Å². The van der Waals surface area contributed by atoms with E-state index in [1.165, 1.54) is 0 Å². The summed E-state index contributed by atoms with van der Waals surface area (Å²) in [5, 5.41) is 9.76. The smallest absolute Gasteiger partial charge is 0.319 e. The average Bonchev–Trinajstić information content (AvgIpc) is 2.77. The molecule has 0 unspecified atom stereocenters. The normalized spacial score (nSPS) is 18.1. The largest absolute Gasteiger partial charge is 0.362 e. The molecule has 3 N–H and O–H groups in total. The van der Waals surface area contributed by atoms with Crippen molar-refractivity contribution < 1.29 is 13.6 Å². The Morgan fingerprint density at radius 3 is 2.42 bits per heavy atom. The highest BCUT2D eigenvalue weighted by Crippen LogP contribution is 2.28. The number of hydrogen-bond donors (Lipinski definition) is 3. The number of halogens is 2. The molecule has 33 heavy (non-hydrogen) atoms. The van der Waals surface area contributed by atoms with Gasteiger partial charge in [0.25, 0.3) is 0 Å². The fourth-order valence-corrected chi connectivity index (χ4v) is 4.20. The van der Waals surface area contributed by atoms with Crippen molar-refractivity contribution in [1.82, 2.24) is 15.3 Å². The summed E-state index contributed by atoms with van der Waals surface area (Å²) in [6.07, 6.45) is 3.77. The van der Waals surface area contributed by atoms with Crippen LogP contribution < -0.4 is 20.9 Å². The quantitative estimate of drug-likeness (QED) is 0.500. The zero-order valence-electron chi connectivity index (χ0n) is 18.7. The first-order chi connectivity index (χ1) is 15.9. The summed E-state index contributed by atoms with van der Waals surface area (Å²) >= 11 is 0. The van der Waals surface area contributed by atoms with E-state index in [-0.39, 0.29) is 11.7 Å². The van der Waals surface area contributed by atoms with E-state index in [1.54, 1.807) is 0 Å². The maximum Gasteiger partial charge on any atom is 0.319 e. The van der Waals surface area contributed by atoms with Crippen molar-refractivity contribution in [2.24, 2.45) is 5.92 Å². The van der Waals surface area contributed by atoms with Crippen molar-refractivity contribution in [1.29, 1.82) is 0 Å². The van der Waals surface area contributed by atoms with Gasteiger partial charge in [0.1, 0.15) is 17.5 Å². The molecule has 9 heteroatoms. The fourth-order valence-electron chi connectivity index (χ4n) is 4.20. The molecule has 2 amide bonds. The van der Waals surface area contributed by atoms with Gasteiger partial charge in [0.15, 0.2) is 0 Å². The van der Waals surface area contributed by atoms with Gasteiger partial charge in [-0.15, -0.1) is 0 Å². The van der Waals surface area contributed by atoms with E-state index < -0.39 is 17.7 Å². The minimum atomic E-state index is -0.732. The third-order valence-corrected chi connectivity index (χ3v) is 5.86. The minimum Gasteiger partial charge on any atom is -0.362 e. The topological polar surface area (TPSA) is 82.2 Å². The number of carbonyl (C=O) groups excluding carboxylic acids is 1. The molecule has 3 aromatic rings. The Balaban J connectivity index is 1.27. The second-order valence-corrected chi connectivity index (χ2v) is 8.64. The monoisotopic (exact) mass is 454 g/mol. The molecular formula is C24H28F2N6O. The number of benzene rings is 2. The SMILES string of the molecule is CN(C)c1nc(N[C@H]2CC[C@@H](CNC(=O)Nc3cc(F)cc(F)c3)CC2)nc2ccccc12. The molecule has 1 heterocycles. The van der Waals surface area contributed by atoms with E-state index in [0.717, 1.165) is 60.6 Å². The molecule has 0 saturated heterocycles. The molecule has 1 aliphatic rings. The second-order valence-electron chi connectivity index (χ2n) is 8.64. The highest BCUT2D eigenvalue weighted by molar-refractivity contribution is 5.90. The van der Waals surface area contributed by atoms with Crippen LogP contribution in [-0.2, 0) is 0 Å². The number of urea groups is 1. The van der Waals surface area contributed by atoms with Crippen LogP contribution in [0.2, 0.25) is 0 Å². The molecule has 1 aliphatic carbocycles. The Labute approximate surface area is 191 Å². The van der Waals surface area contributed by atoms with Crippen LogP contribution in [0.1, 0.15) is 25.7 Å². The highest BCUT2D eigenvalue weighted by atomic mass is 19.1. The zero-order chi connectivity index (χ0) is 23.4. The average molecular weight is 455 g/mol. The van der Waals surface area contributed by atoms with Crippen molar-refractivity contribution in [3.63, 3.8) is 0 Å². The first-order valence-electron chi connectivity index (χ1n) is 11.1. The predicted molar refractivity (Wildman–Crippen MR) is 127 cm³/mol. The number of carbonyl (C=O) groups is 1. The standard InChI is InChI=1S/C24H28F2N6O/c1-32(2)22-20-5-3-4-6-21(20)30-23(31-22)28-18-9-7-15(8-10-18)14-27-24(33)29-19-12-16(25)11-17(26)13-19/h3-6,11-13,15,18H,7-10,14H2,1-2H3,(H2,27,29,33)(H,28,30,31)/t15-,18+. The van der Waals surface area contributed by atoms with Gasteiger partial charge in [-0.25, -0.2) is 18.6 Å². The number of nitrogens with zero attached hydrogens (tertiary/aromatic N) is 3. The van der Waals surface area contributed by atoms with Gasteiger partial charge in [0, 0.05) is 43.8 Å². The summed E-state index contributed by atoms with van der Waals surface area (Å²) in [6.45, 7) is 0.508. The Kier molecular flexibility index (Phi) is 6.86. The first kappa shape index (κ1) is 22.7. The van der Waals surface area contributed by atoms with Crippen LogP contribution in [0.15, 0.2) is 42.5 Å². The van der Waals surface area contributed by atoms with E-state index in [2.05, 4.69) is 20.9 Å². The summed E-state index contributed by atoms with van der Waals surface area (Å²) in [5.41, 5.74) is 0.992. The van der Waals surface area contributed by atoms with Gasteiger partial charge in [-0.05, 0) is 55.9 Å². The molecule has 0 aliphatic heterocycles. The Hall–Kier alpha value is -3.49. The molecule has 0 radical (unpaired) electrons. The van der Waals surface area contributed by atoms with Crippen molar-refractivity contribution >= 4 is 34.4 Å². The van der Waals surface area contributed by atoms with Crippen LogP contribution in [0.25, 0.3) is 10.9 Å². The van der Waals surface area contributed by atoms with Gasteiger partial charge in [0.05, 0.1) is 5.52 Å². The van der Waals surface area contributed by atoms with Gasteiger partial charge < -0.3 is 20.9 Å². The molecule has 0 bridgehead atoms. The summed E-state index contributed by atoms with van der Waals surface area (Å²) in [5.74, 6) is 0.382. The predicted octanol–water partition coefficient (Wildman–Crippen LogP) is 4.77. The van der Waals surface area contributed by atoms with Crippen molar-refractivity contribution in [2.45, 2.75) is 31.7 Å². The Morgan fingerprint density at radius 1 is 1.03 bits per heavy atom. The lowest BCUT2D eigenvalue weighted by Crippen LogP contribution is -2.36. The van der Waals surface area contributed by atoms with Gasteiger partial charge in [-0.1, -0.05) is 12.1 Å². The molecule has 174 valence electrons. The highest BCUT2D eigenvalue weighted by Gasteiger charge is 2.23. The van der Waals surface area contributed by atoms with Crippen molar-refractivity contribution in [2.75, 3.05) is 36.2 Å². The summed E-state index contributed by atoms with van der Waals surface area (Å²) in [6, 6.07) is 10.7. The number of hydrogen-bond acceptors (Lipinski definition) is 5. The molecular weight excluding hydrogens is 426 g/mol. The van der Waals surface area contributed by atoms with Crippen LogP contribution in [0.3, 0.4) is 0 Å². The molecule has 0 atom stereocenters. The Bertz CT molecular complexity index is 1110. The molecule has 2 aromatic carbocycles. The lowest BCUT2D eigenvalue weighted by atomic mass is 9.86. The summed E-state index contributed by atoms with van der Waals surface area (Å²) in [4.78, 5) is 23.5. The van der Waals surface area contributed by atoms with Gasteiger partial charge in [-0.3, -0.25) is 0 Å². The van der Waals surface area contributed by atoms with E-state index in [1.807, 2.05) is 43.3 Å². The Morgan fingerprint density at radius 2 is 1.73 bits per heavy atom. The van der Waals surface area contributed by atoms with Crippen LogP contribution >= 0.6 is 0 Å². The van der Waals surface area contributed by atoms with E-state index in [0.29, 0.717) is 18.4 Å². The molecule has 1 saturated carbocycles. The van der Waals surface area contributed by atoms with E-state index in [4.69, 9.17) is 4.98 Å². The maximum absolute atomic E-state index is 13.3. The van der Waals surface area contributed by atoms with Gasteiger partial charge in [-0.2, -0.15) is 4.98 Å². The zero-order valence-corrected chi connectivity index (χ0v) is 18.7. The number of aromatic nitrogens is 2. The molecule has 0 spiro atoms. The van der Waals surface area contributed by atoms with Crippen LogP contribution in [0.4, 0.5) is 31.0 Å². The second kappa shape index (κ2) is 9.97. The number of fused-ring (bicyclic) bond motifs is 1. The fraction of sp³-hybridized carbons (Fsp3) is 0.375. The summed E-state index contributed by atoms with van der Waals surface area (Å²) in [7, 11) is 3.94. The molecule has 1 aromatic heterocycles. The number of para-hydroxylation sites is 1. The number of anilines is 3. The number of rotatable bonds is 6. The first-order valence-corrected chi connectivity index (χ1v) is 11.1. The molecule has 1 fully saturated rings. The van der Waals surface area contributed by atoms with E-state index >= 15 is 0 Å². The number of nitrogens with one attached hydrogen (secondary N) is 3. The third kappa shape index (κ3) is 5.85. The lowest BCUT2D eigenvalue weighted by Gasteiger charge is -2.29. The third-order valence-electron chi connectivity index (χ3n) is 5.86.